The molecule has 0 radical (unpaired) electrons. The van der Waals surface area contributed by atoms with Crippen LogP contribution >= 0.6 is 0 Å². The van der Waals surface area contributed by atoms with Gasteiger partial charge in [0.1, 0.15) is 0 Å². The normalized spacial score (nSPS) is 29.1. The third kappa shape index (κ3) is 4.47. The molecule has 19 heavy (non-hydrogen) atoms. The summed E-state index contributed by atoms with van der Waals surface area (Å²) in [5.74, 6) is 0. The molecule has 0 aliphatic heterocycles. The summed E-state index contributed by atoms with van der Waals surface area (Å²) in [5.41, 5.74) is 0. The van der Waals surface area contributed by atoms with Gasteiger partial charge in [0.05, 0.1) is 18.2 Å². The van der Waals surface area contributed by atoms with Crippen molar-refractivity contribution in [1.82, 2.24) is 5.32 Å². The number of rotatable bonds is 3. The first-order valence-electron chi connectivity index (χ1n) is 6.88. The predicted octanol–water partition coefficient (Wildman–Crippen LogP) is 2.56. The Morgan fingerprint density at radius 2 is 1.89 bits per heavy atom. The molecule has 1 rings (SSSR count). The molecule has 0 aromatic carbocycles. The Hall–Kier alpha value is -0.593. The lowest BCUT2D eigenvalue weighted by Crippen LogP contribution is -2.54. The van der Waals surface area contributed by atoms with Crippen molar-refractivity contribution in [3.63, 3.8) is 0 Å². The lowest BCUT2D eigenvalue weighted by atomic mass is 9.90. The monoisotopic (exact) mass is 289 g/mol. The van der Waals surface area contributed by atoms with E-state index in [2.05, 4.69) is 39.2 Å². The van der Waals surface area contributed by atoms with Crippen LogP contribution in [0.15, 0.2) is 0 Å². The van der Waals surface area contributed by atoms with E-state index in [0.717, 1.165) is 0 Å². The highest BCUT2D eigenvalue weighted by Gasteiger charge is 2.42. The highest BCUT2D eigenvalue weighted by molar-refractivity contribution is 6.74. The minimum Gasteiger partial charge on any atom is -0.465 e. The molecule has 0 spiro atoms. The van der Waals surface area contributed by atoms with Crippen LogP contribution in [-0.2, 0) is 4.43 Å². The fourth-order valence-electron chi connectivity index (χ4n) is 2.12. The first-order chi connectivity index (χ1) is 8.53. The maximum atomic E-state index is 10.8. The summed E-state index contributed by atoms with van der Waals surface area (Å²) in [4.78, 5) is 10.8. The number of aliphatic hydroxyl groups excluding tert-OH is 1. The number of nitrogens with one attached hydrogen (secondary N) is 1. The lowest BCUT2D eigenvalue weighted by molar-refractivity contribution is 0.0241. The first kappa shape index (κ1) is 16.5. The van der Waals surface area contributed by atoms with Gasteiger partial charge < -0.3 is 20.0 Å². The molecule has 0 bridgehead atoms. The van der Waals surface area contributed by atoms with Crippen LogP contribution in [0, 0.1) is 0 Å². The van der Waals surface area contributed by atoms with Gasteiger partial charge in [0, 0.05) is 6.42 Å². The second-order valence-electron chi connectivity index (χ2n) is 6.94. The molecule has 0 aromatic heterocycles. The van der Waals surface area contributed by atoms with Crippen molar-refractivity contribution < 1.29 is 19.4 Å². The Bertz CT molecular complexity index is 327. The molecule has 1 fully saturated rings. The van der Waals surface area contributed by atoms with E-state index < -0.39 is 14.4 Å². The molecule has 1 amide bonds. The average Bonchev–Trinajstić information content (AvgIpc) is 2.19. The van der Waals surface area contributed by atoms with Gasteiger partial charge in [-0.2, -0.15) is 0 Å². The third-order valence-corrected chi connectivity index (χ3v) is 8.83. The molecule has 3 N–H and O–H groups in total. The molecular formula is C13H27NO4Si. The van der Waals surface area contributed by atoms with Crippen LogP contribution in [0.2, 0.25) is 18.1 Å². The second kappa shape index (κ2) is 5.81. The molecule has 1 aliphatic carbocycles. The van der Waals surface area contributed by atoms with Crippen LogP contribution < -0.4 is 5.32 Å². The zero-order valence-electron chi connectivity index (χ0n) is 12.6. The predicted molar refractivity (Wildman–Crippen MR) is 76.9 cm³/mol. The Labute approximate surface area is 116 Å². The van der Waals surface area contributed by atoms with Gasteiger partial charge in [-0.3, -0.25) is 0 Å². The molecule has 0 heterocycles. The fourth-order valence-corrected chi connectivity index (χ4v) is 3.49. The number of carbonyl (C=O) groups is 1. The molecule has 0 saturated heterocycles. The van der Waals surface area contributed by atoms with Crippen LogP contribution in [0.4, 0.5) is 4.79 Å². The van der Waals surface area contributed by atoms with Crippen LogP contribution in [0.1, 0.15) is 40.0 Å². The standard InChI is InChI=1S/C13H27NO4Si/c1-13(2,3)19(4,5)18-11-8-9(15)6-7-10(11)14-12(16)17/h9-11,14-15H,6-8H2,1-5H3,(H,16,17)/t9-,10-,11-/m1/s1. The van der Waals surface area contributed by atoms with E-state index in [9.17, 15) is 9.90 Å². The maximum Gasteiger partial charge on any atom is 0.404 e. The largest absolute Gasteiger partial charge is 0.465 e. The summed E-state index contributed by atoms with van der Waals surface area (Å²) in [6.45, 7) is 10.7. The van der Waals surface area contributed by atoms with Gasteiger partial charge in [0.15, 0.2) is 8.32 Å². The van der Waals surface area contributed by atoms with Gasteiger partial charge >= 0.3 is 6.09 Å². The van der Waals surface area contributed by atoms with Crippen molar-refractivity contribution in [2.24, 2.45) is 0 Å². The van der Waals surface area contributed by atoms with Crippen molar-refractivity contribution in [2.45, 2.75) is 76.4 Å². The summed E-state index contributed by atoms with van der Waals surface area (Å²) in [5, 5.41) is 21.3. The van der Waals surface area contributed by atoms with Gasteiger partial charge in [-0.25, -0.2) is 4.79 Å². The minimum absolute atomic E-state index is 0.0726. The first-order valence-corrected chi connectivity index (χ1v) is 9.79. The fraction of sp³-hybridized carbons (Fsp3) is 0.923. The molecule has 6 heteroatoms. The highest BCUT2D eigenvalue weighted by Crippen LogP contribution is 2.39. The van der Waals surface area contributed by atoms with Crippen molar-refractivity contribution in [1.29, 1.82) is 0 Å². The van der Waals surface area contributed by atoms with E-state index in [1.54, 1.807) is 0 Å². The van der Waals surface area contributed by atoms with Crippen LogP contribution in [0.25, 0.3) is 0 Å². The topological polar surface area (TPSA) is 78.8 Å². The number of hydrogen-bond donors (Lipinski definition) is 3. The summed E-state index contributed by atoms with van der Waals surface area (Å²) in [6, 6.07) is -0.213. The third-order valence-electron chi connectivity index (χ3n) is 4.33. The highest BCUT2D eigenvalue weighted by atomic mass is 28.4. The van der Waals surface area contributed by atoms with Crippen molar-refractivity contribution in [3.05, 3.63) is 0 Å². The van der Waals surface area contributed by atoms with E-state index in [4.69, 9.17) is 9.53 Å². The molecule has 3 atom stereocenters. The summed E-state index contributed by atoms with van der Waals surface area (Å²) < 4.78 is 6.28. The molecule has 0 aromatic rings. The van der Waals surface area contributed by atoms with Crippen molar-refractivity contribution >= 4 is 14.4 Å². The van der Waals surface area contributed by atoms with E-state index in [0.29, 0.717) is 19.3 Å². The van der Waals surface area contributed by atoms with E-state index in [1.165, 1.54) is 0 Å². The molecular weight excluding hydrogens is 262 g/mol. The Morgan fingerprint density at radius 1 is 1.32 bits per heavy atom. The zero-order chi connectivity index (χ0) is 14.8. The van der Waals surface area contributed by atoms with Gasteiger partial charge in [-0.1, -0.05) is 20.8 Å². The summed E-state index contributed by atoms with van der Waals surface area (Å²) in [7, 11) is -1.96. The summed E-state index contributed by atoms with van der Waals surface area (Å²) >= 11 is 0. The van der Waals surface area contributed by atoms with E-state index >= 15 is 0 Å². The molecule has 0 unspecified atom stereocenters. The van der Waals surface area contributed by atoms with Gasteiger partial charge in [-0.05, 0) is 31.0 Å². The minimum atomic E-state index is -1.96. The SMILES string of the molecule is CC(C)(C)[Si](C)(C)O[C@@H]1C[C@H](O)CC[C@H]1NC(=O)O. The van der Waals surface area contributed by atoms with Crippen LogP contribution in [-0.4, -0.2) is 42.9 Å². The molecule has 112 valence electrons. The average molecular weight is 289 g/mol. The smallest absolute Gasteiger partial charge is 0.404 e. The number of carboxylic acid groups (broad SMARTS) is 1. The number of amides is 1. The van der Waals surface area contributed by atoms with Gasteiger partial charge in [-0.15, -0.1) is 0 Å². The Morgan fingerprint density at radius 3 is 2.37 bits per heavy atom. The van der Waals surface area contributed by atoms with Crippen LogP contribution in [0.5, 0.6) is 0 Å². The Kier molecular flexibility index (Phi) is 5.03. The zero-order valence-corrected chi connectivity index (χ0v) is 13.6. The van der Waals surface area contributed by atoms with Gasteiger partial charge in [0.2, 0.25) is 0 Å². The maximum absolute atomic E-state index is 10.8. The second-order valence-corrected chi connectivity index (χ2v) is 11.7. The van der Waals surface area contributed by atoms with E-state index in [-0.39, 0.29) is 23.3 Å². The van der Waals surface area contributed by atoms with Crippen molar-refractivity contribution in [2.75, 3.05) is 0 Å². The lowest BCUT2D eigenvalue weighted by Gasteiger charge is -2.43. The summed E-state index contributed by atoms with van der Waals surface area (Å²) in [6.07, 6.45) is 0.138. The van der Waals surface area contributed by atoms with Gasteiger partial charge in [0.25, 0.3) is 0 Å². The number of hydrogen-bond acceptors (Lipinski definition) is 3. The van der Waals surface area contributed by atoms with Crippen molar-refractivity contribution in [3.8, 4) is 0 Å². The quantitative estimate of drug-likeness (QED) is 0.698. The molecule has 5 nitrogen and oxygen atoms in total. The van der Waals surface area contributed by atoms with E-state index in [1.807, 2.05) is 0 Å². The van der Waals surface area contributed by atoms with Crippen LogP contribution in [0.3, 0.4) is 0 Å². The molecule has 1 aliphatic rings. The number of aliphatic hydroxyl groups is 1. The molecule has 1 saturated carbocycles. The Balaban J connectivity index is 2.77.